The average molecular weight is 283 g/mol. The van der Waals surface area contributed by atoms with Crippen LogP contribution >= 0.6 is 15.9 Å². The molecule has 1 aliphatic heterocycles. The van der Waals surface area contributed by atoms with Crippen LogP contribution in [0.3, 0.4) is 0 Å². The third-order valence-corrected chi connectivity index (χ3v) is 2.95. The normalized spacial score (nSPS) is 15.2. The summed E-state index contributed by atoms with van der Waals surface area (Å²) in [6.45, 7) is 5.85. The van der Waals surface area contributed by atoms with E-state index in [0.29, 0.717) is 0 Å². The van der Waals surface area contributed by atoms with Gasteiger partial charge in [-0.15, -0.1) is 0 Å². The fraction of sp³-hybridized carbons (Fsp3) is 0.364. The first-order valence-electron chi connectivity index (χ1n) is 5.30. The van der Waals surface area contributed by atoms with Crippen LogP contribution in [0, 0.1) is 6.92 Å². The van der Waals surface area contributed by atoms with Crippen LogP contribution in [0.15, 0.2) is 22.9 Å². The minimum Gasteiger partial charge on any atom is -0.370 e. The molecule has 0 atom stereocenters. The second-order valence-corrected chi connectivity index (χ2v) is 4.63. The number of halogens is 1. The maximum Gasteiger partial charge on any atom is 0.130 e. The fourth-order valence-electron chi connectivity index (χ4n) is 1.68. The number of pyridine rings is 1. The number of nitrogens with one attached hydrogen (secondary N) is 2. The second kappa shape index (κ2) is 4.84. The molecule has 5 heteroatoms. The Morgan fingerprint density at radius 1 is 1.62 bits per heavy atom. The van der Waals surface area contributed by atoms with Crippen molar-refractivity contribution < 1.29 is 0 Å². The molecule has 1 aromatic heterocycles. The molecule has 0 spiro atoms. The van der Waals surface area contributed by atoms with Crippen LogP contribution in [-0.4, -0.2) is 18.1 Å². The summed E-state index contributed by atoms with van der Waals surface area (Å²) in [6.07, 6.45) is 3.86. The Balaban J connectivity index is 2.31. The van der Waals surface area contributed by atoms with Crippen molar-refractivity contribution >= 4 is 27.4 Å². The SMILES string of the molecule is CCNc1nccc(N2C=C(Br)CN2)c1C. The smallest absolute Gasteiger partial charge is 0.130 e. The molecule has 86 valence electrons. The maximum atomic E-state index is 4.32. The van der Waals surface area contributed by atoms with Crippen molar-refractivity contribution in [2.24, 2.45) is 0 Å². The molecule has 0 radical (unpaired) electrons. The van der Waals surface area contributed by atoms with Crippen LogP contribution in [0.25, 0.3) is 0 Å². The highest BCUT2D eigenvalue weighted by atomic mass is 79.9. The van der Waals surface area contributed by atoms with Crippen molar-refractivity contribution in [1.82, 2.24) is 10.4 Å². The summed E-state index contributed by atoms with van der Waals surface area (Å²) in [6, 6.07) is 2.01. The first-order valence-corrected chi connectivity index (χ1v) is 6.10. The van der Waals surface area contributed by atoms with Gasteiger partial charge >= 0.3 is 0 Å². The largest absolute Gasteiger partial charge is 0.370 e. The van der Waals surface area contributed by atoms with Crippen LogP contribution in [-0.2, 0) is 0 Å². The Bertz CT molecular complexity index is 416. The summed E-state index contributed by atoms with van der Waals surface area (Å²) in [5, 5.41) is 5.27. The Labute approximate surface area is 104 Å². The Morgan fingerprint density at radius 3 is 3.06 bits per heavy atom. The molecule has 2 heterocycles. The van der Waals surface area contributed by atoms with Gasteiger partial charge in [-0.05, 0) is 19.9 Å². The van der Waals surface area contributed by atoms with Gasteiger partial charge in [0.2, 0.25) is 0 Å². The summed E-state index contributed by atoms with van der Waals surface area (Å²) in [7, 11) is 0. The van der Waals surface area contributed by atoms with Crippen LogP contribution in [0.2, 0.25) is 0 Å². The van der Waals surface area contributed by atoms with E-state index in [-0.39, 0.29) is 0 Å². The molecule has 4 nitrogen and oxygen atoms in total. The highest BCUT2D eigenvalue weighted by molar-refractivity contribution is 9.11. The molecule has 0 amide bonds. The minimum atomic E-state index is 0.832. The molecule has 0 bridgehead atoms. The zero-order valence-corrected chi connectivity index (χ0v) is 11.0. The lowest BCUT2D eigenvalue weighted by Crippen LogP contribution is -2.29. The quantitative estimate of drug-likeness (QED) is 0.893. The highest BCUT2D eigenvalue weighted by Crippen LogP contribution is 2.26. The summed E-state index contributed by atoms with van der Waals surface area (Å²) >= 11 is 3.48. The molecule has 0 aliphatic carbocycles. The van der Waals surface area contributed by atoms with Gasteiger partial charge in [-0.2, -0.15) is 0 Å². The zero-order valence-electron chi connectivity index (χ0n) is 9.42. The first-order chi connectivity index (χ1) is 7.72. The van der Waals surface area contributed by atoms with E-state index < -0.39 is 0 Å². The van der Waals surface area contributed by atoms with Crippen molar-refractivity contribution in [2.45, 2.75) is 13.8 Å². The third-order valence-electron chi connectivity index (χ3n) is 2.47. The Kier molecular flexibility index (Phi) is 3.46. The van der Waals surface area contributed by atoms with Gasteiger partial charge in [0.25, 0.3) is 0 Å². The number of hydrogen-bond acceptors (Lipinski definition) is 4. The third kappa shape index (κ3) is 2.20. The lowest BCUT2D eigenvalue weighted by molar-refractivity contribution is 0.809. The van der Waals surface area contributed by atoms with E-state index in [1.54, 1.807) is 0 Å². The van der Waals surface area contributed by atoms with Gasteiger partial charge in [0.1, 0.15) is 5.82 Å². The van der Waals surface area contributed by atoms with Gasteiger partial charge in [0.15, 0.2) is 0 Å². The van der Waals surface area contributed by atoms with Gasteiger partial charge in [0.05, 0.1) is 5.69 Å². The molecule has 0 unspecified atom stereocenters. The minimum absolute atomic E-state index is 0.832. The van der Waals surface area contributed by atoms with E-state index in [1.807, 2.05) is 23.5 Å². The van der Waals surface area contributed by atoms with Crippen LogP contribution in [0.5, 0.6) is 0 Å². The second-order valence-electron chi connectivity index (χ2n) is 3.61. The summed E-state index contributed by atoms with van der Waals surface area (Å²) < 4.78 is 1.15. The van der Waals surface area contributed by atoms with Gasteiger partial charge in [-0.25, -0.2) is 10.4 Å². The van der Waals surface area contributed by atoms with Crippen molar-refractivity contribution in [1.29, 1.82) is 0 Å². The molecular weight excluding hydrogens is 268 g/mol. The fourth-order valence-corrected chi connectivity index (χ4v) is 2.01. The van der Waals surface area contributed by atoms with Crippen LogP contribution < -0.4 is 15.8 Å². The number of hydrazine groups is 1. The lowest BCUT2D eigenvalue weighted by atomic mass is 10.2. The van der Waals surface area contributed by atoms with E-state index >= 15 is 0 Å². The molecule has 2 N–H and O–H groups in total. The van der Waals surface area contributed by atoms with E-state index in [1.165, 1.54) is 0 Å². The van der Waals surface area contributed by atoms with Crippen LogP contribution in [0.1, 0.15) is 12.5 Å². The van der Waals surface area contributed by atoms with Gasteiger partial charge < -0.3 is 5.32 Å². The van der Waals surface area contributed by atoms with E-state index in [9.17, 15) is 0 Å². The van der Waals surface area contributed by atoms with Crippen molar-refractivity contribution in [3.05, 3.63) is 28.5 Å². The van der Waals surface area contributed by atoms with Crippen molar-refractivity contribution in [2.75, 3.05) is 23.4 Å². The number of hydrogen-bond donors (Lipinski definition) is 2. The predicted octanol–water partition coefficient (Wildman–Crippen LogP) is 2.38. The van der Waals surface area contributed by atoms with Crippen molar-refractivity contribution in [3.8, 4) is 0 Å². The zero-order chi connectivity index (χ0) is 11.5. The maximum absolute atomic E-state index is 4.32. The highest BCUT2D eigenvalue weighted by Gasteiger charge is 2.15. The monoisotopic (exact) mass is 282 g/mol. The van der Waals surface area contributed by atoms with E-state index in [0.717, 1.165) is 34.6 Å². The van der Waals surface area contributed by atoms with E-state index in [2.05, 4.69) is 45.5 Å². The van der Waals surface area contributed by atoms with Gasteiger partial charge in [-0.1, -0.05) is 15.9 Å². The molecule has 0 saturated carbocycles. The Morgan fingerprint density at radius 2 is 2.44 bits per heavy atom. The summed E-state index contributed by atoms with van der Waals surface area (Å²) in [4.78, 5) is 4.32. The van der Waals surface area contributed by atoms with Crippen molar-refractivity contribution in [3.63, 3.8) is 0 Å². The molecule has 0 fully saturated rings. The molecular formula is C11H15BrN4. The van der Waals surface area contributed by atoms with E-state index in [4.69, 9.17) is 0 Å². The van der Waals surface area contributed by atoms with Gasteiger partial charge in [0, 0.05) is 35.5 Å². The number of rotatable bonds is 3. The average Bonchev–Trinajstić information content (AvgIpc) is 2.68. The first kappa shape index (κ1) is 11.4. The standard InChI is InChI=1S/C11H15BrN4/c1-3-13-11-8(2)10(4-5-14-11)16-7-9(12)6-15-16/h4-5,7,15H,3,6H2,1-2H3,(H,13,14). The molecule has 1 aromatic rings. The molecule has 1 aliphatic rings. The summed E-state index contributed by atoms with van der Waals surface area (Å²) in [5.41, 5.74) is 5.54. The molecule has 2 rings (SSSR count). The summed E-state index contributed by atoms with van der Waals surface area (Å²) in [5.74, 6) is 0.943. The van der Waals surface area contributed by atoms with Gasteiger partial charge in [-0.3, -0.25) is 5.01 Å². The number of aromatic nitrogens is 1. The topological polar surface area (TPSA) is 40.2 Å². The molecule has 0 aromatic carbocycles. The predicted molar refractivity (Wildman–Crippen MR) is 70.6 cm³/mol. The lowest BCUT2D eigenvalue weighted by Gasteiger charge is -2.19. The number of nitrogens with zero attached hydrogens (tertiary/aromatic N) is 2. The molecule has 0 saturated heterocycles. The van der Waals surface area contributed by atoms with Crippen LogP contribution in [0.4, 0.5) is 11.5 Å². The Hall–Kier alpha value is -1.07. The molecule has 16 heavy (non-hydrogen) atoms. The number of anilines is 2.